The van der Waals surface area contributed by atoms with Gasteiger partial charge in [0, 0.05) is 50.9 Å². The number of fused-ring (bicyclic) bond motifs is 2. The van der Waals surface area contributed by atoms with Gasteiger partial charge in [0.15, 0.2) is 0 Å². The zero-order valence-electron chi connectivity index (χ0n) is 41.8. The molecule has 4 aromatic rings. The first-order valence-corrected chi connectivity index (χ1v) is 25.0. The number of piperidine rings is 1. The second-order valence-corrected chi connectivity index (χ2v) is 19.9. The van der Waals surface area contributed by atoms with Crippen LogP contribution in [0.5, 0.6) is 0 Å². The van der Waals surface area contributed by atoms with E-state index in [0.29, 0.717) is 55.1 Å². The highest BCUT2D eigenvalue weighted by molar-refractivity contribution is 6.00. The highest BCUT2D eigenvalue weighted by Crippen LogP contribution is 2.31. The molecule has 4 heterocycles. The number of carbonyl (C=O) groups excluding carboxylic acids is 8. The van der Waals surface area contributed by atoms with Crippen LogP contribution in [-0.4, -0.2) is 109 Å². The van der Waals surface area contributed by atoms with E-state index in [0.717, 1.165) is 11.1 Å². The van der Waals surface area contributed by atoms with Gasteiger partial charge in [0.25, 0.3) is 0 Å². The summed E-state index contributed by atoms with van der Waals surface area (Å²) in [6, 6.07) is 18.7. The SMILES string of the molecule is Cn1c(=O)n(C2CCC(=O)NC2=O)c2ccc(C#CCCCCCC(=O)N3CC[C@H]4CC[C@@H](C(=O)N[C@@H](CCC(N)=O)C(=O)NC(c5ccccc5)c5ccccc5)N4C(=O)[C@@H](NC(=O)OC(C)(C)C)C3)cc21. The first-order valence-electron chi connectivity index (χ1n) is 25.0. The molecule has 5 atom stereocenters. The summed E-state index contributed by atoms with van der Waals surface area (Å²) in [7, 11) is 1.63. The Balaban J connectivity index is 0.976. The van der Waals surface area contributed by atoms with Crippen molar-refractivity contribution >= 4 is 58.5 Å². The van der Waals surface area contributed by atoms with Crippen LogP contribution in [0.15, 0.2) is 83.7 Å². The Labute approximate surface area is 423 Å². The smallest absolute Gasteiger partial charge is 0.408 e. The van der Waals surface area contributed by atoms with Crippen LogP contribution in [0.1, 0.15) is 127 Å². The molecular weight excluding hydrogens is 935 g/mol. The van der Waals surface area contributed by atoms with E-state index in [2.05, 4.69) is 33.1 Å². The summed E-state index contributed by atoms with van der Waals surface area (Å²) < 4.78 is 8.41. The van der Waals surface area contributed by atoms with E-state index < -0.39 is 77.5 Å². The summed E-state index contributed by atoms with van der Waals surface area (Å²) in [5.41, 5.74) is 7.74. The zero-order chi connectivity index (χ0) is 52.4. The number of amides is 8. The number of rotatable bonds is 16. The topological polar surface area (TPSA) is 253 Å². The lowest BCUT2D eigenvalue weighted by Crippen LogP contribution is -2.62. The number of benzene rings is 3. The number of nitrogens with one attached hydrogen (secondary N) is 4. The van der Waals surface area contributed by atoms with Crippen molar-refractivity contribution in [1.82, 2.24) is 40.2 Å². The van der Waals surface area contributed by atoms with Crippen molar-refractivity contribution in [1.29, 1.82) is 0 Å². The number of aryl methyl sites for hydroxylation is 1. The molecule has 1 aromatic heterocycles. The first-order chi connectivity index (χ1) is 34.9. The molecule has 1 unspecified atom stereocenters. The molecule has 0 saturated carbocycles. The predicted molar refractivity (Wildman–Crippen MR) is 270 cm³/mol. The summed E-state index contributed by atoms with van der Waals surface area (Å²) in [6.45, 7) is 5.17. The van der Waals surface area contributed by atoms with E-state index in [-0.39, 0.29) is 69.1 Å². The van der Waals surface area contributed by atoms with E-state index in [1.54, 1.807) is 50.9 Å². The lowest BCUT2D eigenvalue weighted by Gasteiger charge is -2.39. The van der Waals surface area contributed by atoms with E-state index in [1.807, 2.05) is 60.7 Å². The normalized spacial score (nSPS) is 19.4. The van der Waals surface area contributed by atoms with Crippen LogP contribution in [0.25, 0.3) is 11.0 Å². The minimum Gasteiger partial charge on any atom is -0.444 e. The summed E-state index contributed by atoms with van der Waals surface area (Å²) in [5, 5.41) is 10.9. The maximum absolute atomic E-state index is 14.6. The zero-order valence-corrected chi connectivity index (χ0v) is 41.8. The first kappa shape index (κ1) is 53.1. The number of unbranched alkanes of at least 4 members (excludes halogenated alkanes) is 3. The number of alkyl carbamates (subject to hydrolysis) is 1. The van der Waals surface area contributed by atoms with Crippen molar-refractivity contribution in [3.05, 3.63) is 106 Å². The Kier molecular flexibility index (Phi) is 17.2. The summed E-state index contributed by atoms with van der Waals surface area (Å²) in [6.07, 6.45) is 3.00. The number of nitrogens with two attached hydrogens (primary N) is 1. The standard InChI is InChI=1S/C54H65N9O10/c1-54(2,3)73-52(71)57-39-33-61(46(66)21-15-7-5-6-10-16-34-22-25-40-43(32-34)60(4)53(72)63(40)42-27-29-45(65)58-50(42)69)31-30-37-23-26-41(62(37)51(39)70)49(68)56-38(24-28-44(55)64)48(67)59-47(35-17-11-8-12-18-35)36-19-13-9-14-20-36/h8-9,11-14,17-20,22,25,32,37-39,41-42,47H,5-7,15,21,23-24,26-31,33H2,1-4H3,(H2,55,64)(H,56,68)(H,57,71)(H,59,67)(H,58,65,69)/t37-,38+,39+,41+,42?/m1/s1. The third-order valence-electron chi connectivity index (χ3n) is 13.4. The second-order valence-electron chi connectivity index (χ2n) is 19.9. The number of aromatic nitrogens is 2. The van der Waals surface area contributed by atoms with Gasteiger partial charge in [0.1, 0.15) is 29.8 Å². The maximum atomic E-state index is 14.6. The summed E-state index contributed by atoms with van der Waals surface area (Å²) >= 11 is 0. The van der Waals surface area contributed by atoms with Crippen LogP contribution in [-0.2, 0) is 45.3 Å². The van der Waals surface area contributed by atoms with Gasteiger partial charge in [0.05, 0.1) is 23.6 Å². The molecule has 3 aliphatic heterocycles. The molecule has 3 aromatic carbocycles. The number of primary amides is 1. The molecule has 386 valence electrons. The number of carbonyl (C=O) groups is 8. The van der Waals surface area contributed by atoms with Gasteiger partial charge in [-0.3, -0.25) is 48.0 Å². The molecule has 3 aliphatic rings. The van der Waals surface area contributed by atoms with Crippen LogP contribution in [0, 0.1) is 11.8 Å². The molecule has 8 amide bonds. The highest BCUT2D eigenvalue weighted by Gasteiger charge is 2.46. The Morgan fingerprint density at radius 2 is 1.53 bits per heavy atom. The number of hydrogen-bond donors (Lipinski definition) is 5. The molecule has 19 heteroatoms. The predicted octanol–water partition coefficient (Wildman–Crippen LogP) is 3.76. The van der Waals surface area contributed by atoms with Crippen molar-refractivity contribution in [3.63, 3.8) is 0 Å². The molecule has 0 aliphatic carbocycles. The Hall–Kier alpha value is -7.75. The van der Waals surface area contributed by atoms with Crippen molar-refractivity contribution < 1.29 is 43.1 Å². The van der Waals surface area contributed by atoms with E-state index in [1.165, 1.54) is 14.0 Å². The lowest BCUT2D eigenvalue weighted by atomic mass is 9.98. The largest absolute Gasteiger partial charge is 0.444 e. The Morgan fingerprint density at radius 1 is 0.836 bits per heavy atom. The molecule has 3 saturated heterocycles. The fraction of sp³-hybridized carbons (Fsp3) is 0.463. The van der Waals surface area contributed by atoms with Gasteiger partial charge >= 0.3 is 11.8 Å². The second kappa shape index (κ2) is 23.7. The molecule has 0 spiro atoms. The van der Waals surface area contributed by atoms with Crippen molar-refractivity contribution in [3.8, 4) is 11.8 Å². The quantitative estimate of drug-likeness (QED) is 0.0618. The van der Waals surface area contributed by atoms with Crippen LogP contribution in [0.4, 0.5) is 4.79 Å². The molecule has 73 heavy (non-hydrogen) atoms. The number of imidazole rings is 1. The molecule has 19 nitrogen and oxygen atoms in total. The highest BCUT2D eigenvalue weighted by atomic mass is 16.6. The monoisotopic (exact) mass is 999 g/mol. The third kappa shape index (κ3) is 13.4. The minimum atomic E-state index is -1.26. The fourth-order valence-corrected chi connectivity index (χ4v) is 9.79. The van der Waals surface area contributed by atoms with E-state index in [4.69, 9.17) is 10.5 Å². The molecule has 6 N–H and O–H groups in total. The number of ether oxygens (including phenoxy) is 1. The van der Waals surface area contributed by atoms with Crippen molar-refractivity contribution in [2.45, 2.75) is 140 Å². The van der Waals surface area contributed by atoms with Gasteiger partial charge in [-0.25, -0.2) is 9.59 Å². The molecule has 0 bridgehead atoms. The molecule has 0 radical (unpaired) electrons. The van der Waals surface area contributed by atoms with Gasteiger partial charge in [-0.1, -0.05) is 78.9 Å². The van der Waals surface area contributed by atoms with Crippen LogP contribution in [0.3, 0.4) is 0 Å². The number of nitrogens with zero attached hydrogens (tertiary/aromatic N) is 4. The Bertz CT molecular complexity index is 2800. The Morgan fingerprint density at radius 3 is 2.19 bits per heavy atom. The van der Waals surface area contributed by atoms with E-state index in [9.17, 15) is 43.2 Å². The van der Waals surface area contributed by atoms with Gasteiger partial charge < -0.3 is 36.2 Å². The van der Waals surface area contributed by atoms with Crippen molar-refractivity contribution in [2.24, 2.45) is 12.8 Å². The number of imide groups is 1. The lowest BCUT2D eigenvalue weighted by molar-refractivity contribution is -0.146. The van der Waals surface area contributed by atoms with Gasteiger partial charge in [-0.05, 0) is 95.0 Å². The molecular formula is C54H65N9O10. The fourth-order valence-electron chi connectivity index (χ4n) is 9.79. The molecule has 7 rings (SSSR count). The van der Waals surface area contributed by atoms with Crippen LogP contribution in [0.2, 0.25) is 0 Å². The van der Waals surface area contributed by atoms with Crippen LogP contribution >= 0.6 is 0 Å². The average Bonchev–Trinajstić information content (AvgIpc) is 3.88. The third-order valence-corrected chi connectivity index (χ3v) is 13.4. The maximum Gasteiger partial charge on any atom is 0.408 e. The number of hydrogen-bond acceptors (Lipinski definition) is 10. The van der Waals surface area contributed by atoms with Crippen molar-refractivity contribution in [2.75, 3.05) is 13.1 Å². The molecule has 3 fully saturated rings. The minimum absolute atomic E-state index is 0.0894. The van der Waals surface area contributed by atoms with Gasteiger partial charge in [-0.2, -0.15) is 0 Å². The van der Waals surface area contributed by atoms with Gasteiger partial charge in [-0.15, -0.1) is 0 Å². The average molecular weight is 1000 g/mol. The summed E-state index contributed by atoms with van der Waals surface area (Å²) in [4.78, 5) is 123. The summed E-state index contributed by atoms with van der Waals surface area (Å²) in [5.74, 6) is 2.91. The van der Waals surface area contributed by atoms with Gasteiger partial charge in [0.2, 0.25) is 41.4 Å². The van der Waals surface area contributed by atoms with Crippen LogP contribution < -0.4 is 32.7 Å². The van der Waals surface area contributed by atoms with E-state index >= 15 is 0 Å².